The highest BCUT2D eigenvalue weighted by molar-refractivity contribution is 6.31. The first-order valence-corrected chi connectivity index (χ1v) is 9.68. The molecule has 1 aliphatic rings. The zero-order valence-corrected chi connectivity index (χ0v) is 16.1. The molecule has 2 aromatic heterocycles. The van der Waals surface area contributed by atoms with E-state index in [9.17, 15) is 4.79 Å². The number of carbonyl (C=O) groups is 1. The van der Waals surface area contributed by atoms with E-state index in [1.807, 2.05) is 54.4 Å². The van der Waals surface area contributed by atoms with Crippen LogP contribution >= 0.6 is 11.6 Å². The minimum Gasteiger partial charge on any atom is -0.361 e. The van der Waals surface area contributed by atoms with Gasteiger partial charge in [0, 0.05) is 39.9 Å². The summed E-state index contributed by atoms with van der Waals surface area (Å²) < 4.78 is 0. The smallest absolute Gasteiger partial charge is 0.275 e. The number of rotatable bonds is 4. The van der Waals surface area contributed by atoms with Gasteiger partial charge in [-0.15, -0.1) is 0 Å². The molecular weight excluding hydrogens is 372 g/mol. The lowest BCUT2D eigenvalue weighted by Gasteiger charge is -2.27. The van der Waals surface area contributed by atoms with Crippen LogP contribution in [0.3, 0.4) is 0 Å². The largest absolute Gasteiger partial charge is 0.361 e. The summed E-state index contributed by atoms with van der Waals surface area (Å²) in [6.07, 6.45) is 2.78. The van der Waals surface area contributed by atoms with Gasteiger partial charge >= 0.3 is 0 Å². The molecule has 0 spiro atoms. The molecule has 2 N–H and O–H groups in total. The zero-order valence-electron chi connectivity index (χ0n) is 15.4. The highest BCUT2D eigenvalue weighted by Gasteiger charge is 2.41. The first-order chi connectivity index (χ1) is 13.6. The Bertz CT molecular complexity index is 1190. The molecule has 0 radical (unpaired) electrons. The lowest BCUT2D eigenvalue weighted by Crippen LogP contribution is -2.31. The quantitative estimate of drug-likeness (QED) is 0.533. The molecule has 2 aromatic carbocycles. The van der Waals surface area contributed by atoms with Crippen molar-refractivity contribution in [1.29, 1.82) is 0 Å². The molecule has 1 amide bonds. The number of benzene rings is 2. The average Bonchev–Trinajstić information content (AvgIpc) is 3.36. The molecular formula is C22H19ClN4O. The second kappa shape index (κ2) is 6.53. The fraction of sp³-hybridized carbons (Fsp3) is 0.182. The Morgan fingerprint density at radius 2 is 1.93 bits per heavy atom. The predicted octanol–water partition coefficient (Wildman–Crippen LogP) is 4.64. The molecule has 140 valence electrons. The number of carbonyl (C=O) groups excluding carboxylic acids is 1. The molecule has 3 heterocycles. The van der Waals surface area contributed by atoms with Crippen molar-refractivity contribution in [2.45, 2.75) is 19.4 Å². The third-order valence-electron chi connectivity index (χ3n) is 5.54. The molecule has 5 nitrogen and oxygen atoms in total. The molecule has 1 unspecified atom stereocenters. The first-order valence-electron chi connectivity index (χ1n) is 9.30. The van der Waals surface area contributed by atoms with E-state index >= 15 is 0 Å². The summed E-state index contributed by atoms with van der Waals surface area (Å²) in [5.74, 6) is -0.0517. The minimum atomic E-state index is -0.222. The molecule has 0 saturated carbocycles. The van der Waals surface area contributed by atoms with Gasteiger partial charge in [-0.05, 0) is 36.6 Å². The van der Waals surface area contributed by atoms with E-state index in [4.69, 9.17) is 11.6 Å². The van der Waals surface area contributed by atoms with Crippen LogP contribution in [0.1, 0.15) is 38.9 Å². The monoisotopic (exact) mass is 390 g/mol. The van der Waals surface area contributed by atoms with E-state index < -0.39 is 0 Å². The maximum Gasteiger partial charge on any atom is 0.275 e. The zero-order chi connectivity index (χ0) is 19.3. The lowest BCUT2D eigenvalue weighted by molar-refractivity contribution is 0.0745. The van der Waals surface area contributed by atoms with Crippen molar-refractivity contribution in [3.63, 3.8) is 0 Å². The molecule has 4 aromatic rings. The van der Waals surface area contributed by atoms with E-state index in [0.717, 1.165) is 28.8 Å². The van der Waals surface area contributed by atoms with Crippen LogP contribution in [0.25, 0.3) is 10.9 Å². The van der Waals surface area contributed by atoms with E-state index in [2.05, 4.69) is 27.3 Å². The number of fused-ring (bicyclic) bond motifs is 2. The highest BCUT2D eigenvalue weighted by Crippen LogP contribution is 2.41. The number of aromatic nitrogens is 3. The van der Waals surface area contributed by atoms with Gasteiger partial charge in [-0.3, -0.25) is 9.89 Å². The van der Waals surface area contributed by atoms with Crippen LogP contribution in [0.2, 0.25) is 5.02 Å². The van der Waals surface area contributed by atoms with Crippen LogP contribution in [0.5, 0.6) is 0 Å². The molecule has 1 aliphatic heterocycles. The Hall–Kier alpha value is -3.05. The lowest BCUT2D eigenvalue weighted by atomic mass is 9.99. The Labute approximate surface area is 167 Å². The Balaban J connectivity index is 1.52. The predicted molar refractivity (Wildman–Crippen MR) is 110 cm³/mol. The number of amides is 1. The van der Waals surface area contributed by atoms with Gasteiger partial charge in [0.05, 0.1) is 6.04 Å². The Morgan fingerprint density at radius 1 is 1.14 bits per heavy atom. The average molecular weight is 391 g/mol. The number of aromatic amines is 2. The topological polar surface area (TPSA) is 64.8 Å². The second-order valence-corrected chi connectivity index (χ2v) is 7.55. The van der Waals surface area contributed by atoms with Gasteiger partial charge in [-0.25, -0.2) is 0 Å². The second-order valence-electron chi connectivity index (χ2n) is 7.14. The van der Waals surface area contributed by atoms with Gasteiger partial charge in [0.25, 0.3) is 5.91 Å². The van der Waals surface area contributed by atoms with Gasteiger partial charge in [-0.1, -0.05) is 48.0 Å². The van der Waals surface area contributed by atoms with Crippen LogP contribution in [-0.4, -0.2) is 32.5 Å². The van der Waals surface area contributed by atoms with Crippen molar-refractivity contribution >= 4 is 28.4 Å². The number of aryl methyl sites for hydroxylation is 1. The normalized spacial score (nSPS) is 16.1. The van der Waals surface area contributed by atoms with E-state index in [1.54, 1.807) is 0 Å². The Morgan fingerprint density at radius 3 is 2.79 bits per heavy atom. The number of H-pyrrole nitrogens is 2. The van der Waals surface area contributed by atoms with E-state index in [1.165, 1.54) is 10.9 Å². The summed E-state index contributed by atoms with van der Waals surface area (Å²) in [5, 5.41) is 9.07. The fourth-order valence-corrected chi connectivity index (χ4v) is 4.41. The molecule has 28 heavy (non-hydrogen) atoms. The van der Waals surface area contributed by atoms with Crippen molar-refractivity contribution in [2.75, 3.05) is 6.54 Å². The third kappa shape index (κ3) is 2.54. The number of hydrogen-bond donors (Lipinski definition) is 2. The molecule has 0 aliphatic carbocycles. The highest BCUT2D eigenvalue weighted by atomic mass is 35.5. The maximum atomic E-state index is 13.1. The summed E-state index contributed by atoms with van der Waals surface area (Å²) in [6, 6.07) is 15.7. The number of hydrogen-bond acceptors (Lipinski definition) is 2. The van der Waals surface area contributed by atoms with Crippen molar-refractivity contribution in [3.05, 3.63) is 87.8 Å². The number of halogens is 1. The molecule has 5 rings (SSSR count). The maximum absolute atomic E-state index is 13.1. The van der Waals surface area contributed by atoms with E-state index in [-0.39, 0.29) is 11.9 Å². The number of para-hydroxylation sites is 1. The number of nitrogens with zero attached hydrogens (tertiary/aromatic N) is 2. The number of nitrogens with one attached hydrogen (secondary N) is 2. The summed E-state index contributed by atoms with van der Waals surface area (Å²) >= 11 is 6.51. The van der Waals surface area contributed by atoms with Crippen LogP contribution in [0.15, 0.2) is 54.7 Å². The van der Waals surface area contributed by atoms with Gasteiger partial charge in [0.15, 0.2) is 5.69 Å². The molecule has 0 bridgehead atoms. The van der Waals surface area contributed by atoms with Gasteiger partial charge in [0.1, 0.15) is 0 Å². The van der Waals surface area contributed by atoms with Crippen LogP contribution in [0, 0.1) is 6.92 Å². The van der Waals surface area contributed by atoms with Crippen LogP contribution in [-0.2, 0) is 6.42 Å². The molecule has 6 heteroatoms. The van der Waals surface area contributed by atoms with Gasteiger partial charge < -0.3 is 9.88 Å². The SMILES string of the molecule is Cc1[nH]nc2c1C(c1ccccc1Cl)N(CCc1c[nH]c3ccccc13)C2=O. The fourth-order valence-electron chi connectivity index (χ4n) is 4.17. The van der Waals surface area contributed by atoms with Crippen LogP contribution in [0.4, 0.5) is 0 Å². The molecule has 0 saturated heterocycles. The third-order valence-corrected chi connectivity index (χ3v) is 5.88. The standard InChI is InChI=1S/C22H19ClN4O/c1-13-19-20(26-25-13)22(28)27(21(19)16-7-2-4-8-17(16)23)11-10-14-12-24-18-9-5-3-6-15(14)18/h2-9,12,21,24H,10-11H2,1H3,(H,25,26). The van der Waals surface area contributed by atoms with Crippen molar-refractivity contribution in [1.82, 2.24) is 20.1 Å². The molecule has 1 atom stereocenters. The van der Waals surface area contributed by atoms with Crippen molar-refractivity contribution < 1.29 is 4.79 Å². The van der Waals surface area contributed by atoms with Gasteiger partial charge in [0.2, 0.25) is 0 Å². The van der Waals surface area contributed by atoms with Crippen LogP contribution < -0.4 is 0 Å². The summed E-state index contributed by atoms with van der Waals surface area (Å²) in [5.41, 5.74) is 5.57. The van der Waals surface area contributed by atoms with Crippen molar-refractivity contribution in [3.8, 4) is 0 Å². The van der Waals surface area contributed by atoms with Gasteiger partial charge in [-0.2, -0.15) is 5.10 Å². The summed E-state index contributed by atoms with van der Waals surface area (Å²) in [6.45, 7) is 2.54. The Kier molecular flexibility index (Phi) is 3.98. The molecule has 0 fully saturated rings. The van der Waals surface area contributed by atoms with Crippen molar-refractivity contribution in [2.24, 2.45) is 0 Å². The summed E-state index contributed by atoms with van der Waals surface area (Å²) in [4.78, 5) is 18.3. The minimum absolute atomic E-state index is 0.0517. The summed E-state index contributed by atoms with van der Waals surface area (Å²) in [7, 11) is 0. The first kappa shape index (κ1) is 17.1. The van der Waals surface area contributed by atoms with E-state index in [0.29, 0.717) is 17.3 Å².